The van der Waals surface area contributed by atoms with Gasteiger partial charge in [-0.3, -0.25) is 9.97 Å². The SMILES string of the molecule is c1ccc(-c2nc(-c3ccccc3)nc(-c3ccc(-c4ccc(-c5ccc(-c6ccccn6)nc5)cc4)cc3)n2)cc1. The van der Waals surface area contributed by atoms with Crippen LogP contribution >= 0.6 is 0 Å². The lowest BCUT2D eigenvalue weighted by Gasteiger charge is -2.09. The largest absolute Gasteiger partial charge is 0.255 e. The maximum atomic E-state index is 4.84. The number of hydrogen-bond donors (Lipinski definition) is 0. The number of rotatable bonds is 6. The van der Waals surface area contributed by atoms with E-state index in [1.165, 1.54) is 0 Å². The third kappa shape index (κ3) is 5.31. The summed E-state index contributed by atoms with van der Waals surface area (Å²) in [6.45, 7) is 0. The van der Waals surface area contributed by atoms with Crippen LogP contribution in [0.25, 0.3) is 67.8 Å². The Kier molecular flexibility index (Phi) is 6.81. The summed E-state index contributed by atoms with van der Waals surface area (Å²) in [6, 6.07) is 46.9. The van der Waals surface area contributed by atoms with Crippen molar-refractivity contribution < 1.29 is 0 Å². The predicted octanol–water partition coefficient (Wildman–Crippen LogP) is 8.66. The first-order valence-electron chi connectivity index (χ1n) is 13.8. The van der Waals surface area contributed by atoms with Gasteiger partial charge in [0.05, 0.1) is 11.4 Å². The molecule has 0 aliphatic rings. The van der Waals surface area contributed by atoms with Gasteiger partial charge < -0.3 is 0 Å². The van der Waals surface area contributed by atoms with Gasteiger partial charge in [0.2, 0.25) is 0 Å². The van der Waals surface area contributed by atoms with Crippen molar-refractivity contribution in [2.75, 3.05) is 0 Å². The zero-order valence-corrected chi connectivity index (χ0v) is 22.7. The first-order valence-corrected chi connectivity index (χ1v) is 13.8. The molecular weight excluding hydrogens is 514 g/mol. The second-order valence-corrected chi connectivity index (χ2v) is 9.84. The summed E-state index contributed by atoms with van der Waals surface area (Å²) in [4.78, 5) is 23.5. The third-order valence-electron chi connectivity index (χ3n) is 7.08. The Balaban J connectivity index is 1.15. The Hall–Kier alpha value is -5.81. The van der Waals surface area contributed by atoms with E-state index in [1.54, 1.807) is 6.20 Å². The molecule has 0 spiro atoms. The highest BCUT2D eigenvalue weighted by atomic mass is 15.0. The highest BCUT2D eigenvalue weighted by Gasteiger charge is 2.12. The Morgan fingerprint density at radius 2 is 0.690 bits per heavy atom. The molecule has 0 radical (unpaired) electrons. The molecule has 0 unspecified atom stereocenters. The lowest BCUT2D eigenvalue weighted by molar-refractivity contribution is 1.07. The van der Waals surface area contributed by atoms with Crippen molar-refractivity contribution in [3.63, 3.8) is 0 Å². The van der Waals surface area contributed by atoms with Crippen LogP contribution in [0.2, 0.25) is 0 Å². The van der Waals surface area contributed by atoms with Gasteiger partial charge in [0, 0.05) is 34.6 Å². The predicted molar refractivity (Wildman–Crippen MR) is 168 cm³/mol. The topological polar surface area (TPSA) is 64.5 Å². The number of pyridine rings is 2. The number of nitrogens with zero attached hydrogens (tertiary/aromatic N) is 5. The quantitative estimate of drug-likeness (QED) is 0.212. The molecule has 0 bridgehead atoms. The summed E-state index contributed by atoms with van der Waals surface area (Å²) in [7, 11) is 0. The number of benzene rings is 4. The van der Waals surface area contributed by atoms with E-state index in [9.17, 15) is 0 Å². The second kappa shape index (κ2) is 11.4. The maximum Gasteiger partial charge on any atom is 0.164 e. The summed E-state index contributed by atoms with van der Waals surface area (Å²) in [5.41, 5.74) is 9.01. The molecular formula is C37H25N5. The third-order valence-corrected chi connectivity index (χ3v) is 7.08. The van der Waals surface area contributed by atoms with Gasteiger partial charge in [0.25, 0.3) is 0 Å². The number of aromatic nitrogens is 5. The van der Waals surface area contributed by atoms with Crippen LogP contribution in [0, 0.1) is 0 Å². The van der Waals surface area contributed by atoms with Crippen molar-refractivity contribution in [2.24, 2.45) is 0 Å². The van der Waals surface area contributed by atoms with Crippen LogP contribution in [-0.4, -0.2) is 24.9 Å². The van der Waals surface area contributed by atoms with E-state index >= 15 is 0 Å². The van der Waals surface area contributed by atoms with Crippen molar-refractivity contribution in [1.82, 2.24) is 24.9 Å². The first-order chi connectivity index (χ1) is 20.8. The van der Waals surface area contributed by atoms with Crippen LogP contribution in [0.5, 0.6) is 0 Å². The molecule has 0 aliphatic heterocycles. The second-order valence-electron chi connectivity index (χ2n) is 9.84. The highest BCUT2D eigenvalue weighted by molar-refractivity contribution is 5.73. The van der Waals surface area contributed by atoms with Crippen LogP contribution in [0.3, 0.4) is 0 Å². The molecule has 0 N–H and O–H groups in total. The Morgan fingerprint density at radius 3 is 1.14 bits per heavy atom. The Bertz CT molecular complexity index is 1860. The monoisotopic (exact) mass is 539 g/mol. The van der Waals surface area contributed by atoms with Gasteiger partial charge in [0.15, 0.2) is 17.5 Å². The van der Waals surface area contributed by atoms with Gasteiger partial charge in [-0.2, -0.15) is 0 Å². The molecule has 0 aliphatic carbocycles. The van der Waals surface area contributed by atoms with E-state index in [2.05, 4.69) is 64.6 Å². The summed E-state index contributed by atoms with van der Waals surface area (Å²) < 4.78 is 0. The fraction of sp³-hybridized carbons (Fsp3) is 0. The van der Waals surface area contributed by atoms with Crippen LogP contribution in [0.15, 0.2) is 152 Å². The van der Waals surface area contributed by atoms with E-state index in [4.69, 9.17) is 15.0 Å². The average Bonchev–Trinajstić information content (AvgIpc) is 3.09. The van der Waals surface area contributed by atoms with E-state index in [0.29, 0.717) is 17.5 Å². The summed E-state index contributed by atoms with van der Waals surface area (Å²) in [6.07, 6.45) is 3.68. The smallest absolute Gasteiger partial charge is 0.164 e. The molecule has 0 fully saturated rings. The Labute approximate surface area is 244 Å². The lowest BCUT2D eigenvalue weighted by atomic mass is 10.00. The van der Waals surface area contributed by atoms with Gasteiger partial charge in [-0.05, 0) is 34.9 Å². The van der Waals surface area contributed by atoms with E-state index < -0.39 is 0 Å². The fourth-order valence-electron chi connectivity index (χ4n) is 4.83. The molecule has 3 aromatic heterocycles. The fourth-order valence-corrected chi connectivity index (χ4v) is 4.83. The minimum Gasteiger partial charge on any atom is -0.255 e. The van der Waals surface area contributed by atoms with Crippen molar-refractivity contribution in [3.8, 4) is 67.8 Å². The van der Waals surface area contributed by atoms with E-state index in [-0.39, 0.29) is 0 Å². The van der Waals surface area contributed by atoms with Crippen molar-refractivity contribution in [1.29, 1.82) is 0 Å². The van der Waals surface area contributed by atoms with E-state index in [1.807, 2.05) is 91.1 Å². The van der Waals surface area contributed by atoms with Gasteiger partial charge in [0.1, 0.15) is 0 Å². The average molecular weight is 540 g/mol. The molecule has 0 saturated carbocycles. The molecule has 198 valence electrons. The molecule has 7 rings (SSSR count). The normalized spacial score (nSPS) is 10.9. The maximum absolute atomic E-state index is 4.84. The minimum atomic E-state index is 0.645. The van der Waals surface area contributed by atoms with Crippen LogP contribution < -0.4 is 0 Å². The van der Waals surface area contributed by atoms with Crippen molar-refractivity contribution in [3.05, 3.63) is 152 Å². The first kappa shape index (κ1) is 25.2. The molecule has 0 saturated heterocycles. The molecule has 0 amide bonds. The number of hydrogen-bond acceptors (Lipinski definition) is 5. The minimum absolute atomic E-state index is 0.645. The van der Waals surface area contributed by atoms with Gasteiger partial charge in [-0.25, -0.2) is 15.0 Å². The summed E-state index contributed by atoms with van der Waals surface area (Å²) in [5.74, 6) is 1.95. The molecule has 7 aromatic rings. The zero-order valence-electron chi connectivity index (χ0n) is 22.7. The van der Waals surface area contributed by atoms with Gasteiger partial charge >= 0.3 is 0 Å². The van der Waals surface area contributed by atoms with Crippen LogP contribution in [0.1, 0.15) is 0 Å². The van der Waals surface area contributed by atoms with Crippen molar-refractivity contribution in [2.45, 2.75) is 0 Å². The van der Waals surface area contributed by atoms with Gasteiger partial charge in [-0.15, -0.1) is 0 Å². The van der Waals surface area contributed by atoms with Gasteiger partial charge in [-0.1, -0.05) is 121 Å². The molecule has 4 aromatic carbocycles. The molecule has 5 nitrogen and oxygen atoms in total. The summed E-state index contributed by atoms with van der Waals surface area (Å²) >= 11 is 0. The molecule has 0 atom stereocenters. The molecule has 42 heavy (non-hydrogen) atoms. The summed E-state index contributed by atoms with van der Waals surface area (Å²) in [5, 5.41) is 0. The standard InChI is InChI=1S/C37H25N5/c1-3-9-29(10-4-1)35-40-36(30-11-5-2-6-12-30)42-37(41-35)31-20-18-27(19-21-31)26-14-16-28(17-15-26)32-22-23-34(39-25-32)33-13-7-8-24-38-33/h1-25H. The Morgan fingerprint density at radius 1 is 0.286 bits per heavy atom. The van der Waals surface area contributed by atoms with Crippen LogP contribution in [-0.2, 0) is 0 Å². The molecule has 3 heterocycles. The highest BCUT2D eigenvalue weighted by Crippen LogP contribution is 2.29. The molecule has 5 heteroatoms. The van der Waals surface area contributed by atoms with Crippen LogP contribution in [0.4, 0.5) is 0 Å². The van der Waals surface area contributed by atoms with E-state index in [0.717, 1.165) is 50.3 Å². The van der Waals surface area contributed by atoms with Crippen molar-refractivity contribution >= 4 is 0 Å². The zero-order chi connectivity index (χ0) is 28.1. The lowest BCUT2D eigenvalue weighted by Crippen LogP contribution is -2.00.